The smallest absolute Gasteiger partial charge is 0.270 e. The lowest BCUT2D eigenvalue weighted by molar-refractivity contribution is -0.121. The fourth-order valence-electron chi connectivity index (χ4n) is 2.02. The standard InChI is InChI=1S/C14H18N4O2/c1-3-18(8-13(19)16-2)14(20)12-7-9-6-10(15)4-5-11(9)17-12/h4-7,17H,3,8,15H2,1-2H3,(H,16,19). The van der Waals surface area contributed by atoms with E-state index in [1.54, 1.807) is 25.2 Å². The number of aromatic nitrogens is 1. The maximum atomic E-state index is 12.4. The normalized spacial score (nSPS) is 10.5. The van der Waals surface area contributed by atoms with Crippen molar-refractivity contribution in [2.75, 3.05) is 25.9 Å². The van der Waals surface area contributed by atoms with Gasteiger partial charge >= 0.3 is 0 Å². The summed E-state index contributed by atoms with van der Waals surface area (Å²) in [6.45, 7) is 2.34. The first-order valence-electron chi connectivity index (χ1n) is 6.43. The third kappa shape index (κ3) is 2.74. The Morgan fingerprint density at radius 1 is 1.35 bits per heavy atom. The van der Waals surface area contributed by atoms with Gasteiger partial charge in [0.2, 0.25) is 5.91 Å². The van der Waals surface area contributed by atoms with Crippen molar-refractivity contribution in [2.24, 2.45) is 0 Å². The number of nitrogen functional groups attached to an aromatic ring is 1. The van der Waals surface area contributed by atoms with E-state index in [1.807, 2.05) is 13.0 Å². The first-order valence-corrected chi connectivity index (χ1v) is 6.43. The lowest BCUT2D eigenvalue weighted by Gasteiger charge is -2.18. The van der Waals surface area contributed by atoms with Crippen LogP contribution in [0.25, 0.3) is 10.9 Å². The molecule has 0 radical (unpaired) electrons. The van der Waals surface area contributed by atoms with E-state index < -0.39 is 0 Å². The first kappa shape index (κ1) is 13.9. The Bertz CT molecular complexity index is 648. The van der Waals surface area contributed by atoms with E-state index >= 15 is 0 Å². The lowest BCUT2D eigenvalue weighted by Crippen LogP contribution is -2.39. The van der Waals surface area contributed by atoms with Crippen LogP contribution in [0, 0.1) is 0 Å². The number of hydrogen-bond donors (Lipinski definition) is 3. The molecule has 1 aromatic heterocycles. The fourth-order valence-corrected chi connectivity index (χ4v) is 2.02. The number of rotatable bonds is 4. The van der Waals surface area contributed by atoms with Crippen molar-refractivity contribution in [3.63, 3.8) is 0 Å². The van der Waals surface area contributed by atoms with Crippen molar-refractivity contribution in [3.8, 4) is 0 Å². The number of carbonyl (C=O) groups excluding carboxylic acids is 2. The number of hydrogen-bond acceptors (Lipinski definition) is 3. The van der Waals surface area contributed by atoms with Gasteiger partial charge in [-0.05, 0) is 31.2 Å². The predicted octanol–water partition coefficient (Wildman–Crippen LogP) is 0.958. The van der Waals surface area contributed by atoms with Crippen LogP contribution in [0.15, 0.2) is 24.3 Å². The van der Waals surface area contributed by atoms with Gasteiger partial charge in [0, 0.05) is 30.2 Å². The summed E-state index contributed by atoms with van der Waals surface area (Å²) < 4.78 is 0. The molecular formula is C14H18N4O2. The van der Waals surface area contributed by atoms with E-state index in [-0.39, 0.29) is 18.4 Å². The van der Waals surface area contributed by atoms with E-state index in [0.29, 0.717) is 17.9 Å². The second-order valence-corrected chi connectivity index (χ2v) is 4.52. The van der Waals surface area contributed by atoms with E-state index in [4.69, 9.17) is 5.73 Å². The molecule has 0 fully saturated rings. The molecule has 1 aromatic carbocycles. The summed E-state index contributed by atoms with van der Waals surface area (Å²) in [4.78, 5) is 28.3. The molecule has 2 aromatic rings. The number of amides is 2. The maximum absolute atomic E-state index is 12.4. The Balaban J connectivity index is 2.27. The van der Waals surface area contributed by atoms with Gasteiger partial charge in [-0.2, -0.15) is 0 Å². The topological polar surface area (TPSA) is 91.2 Å². The Labute approximate surface area is 116 Å². The highest BCUT2D eigenvalue weighted by molar-refractivity contribution is 5.99. The molecule has 0 aliphatic carbocycles. The van der Waals surface area contributed by atoms with Crippen LogP contribution < -0.4 is 11.1 Å². The van der Waals surface area contributed by atoms with Crippen molar-refractivity contribution in [2.45, 2.75) is 6.92 Å². The third-order valence-corrected chi connectivity index (χ3v) is 3.16. The molecule has 0 unspecified atom stereocenters. The number of anilines is 1. The van der Waals surface area contributed by atoms with Gasteiger partial charge in [0.25, 0.3) is 5.91 Å². The molecule has 20 heavy (non-hydrogen) atoms. The van der Waals surface area contributed by atoms with Gasteiger partial charge in [-0.3, -0.25) is 9.59 Å². The van der Waals surface area contributed by atoms with Gasteiger partial charge in [-0.25, -0.2) is 0 Å². The number of likely N-dealkylation sites (N-methyl/N-ethyl adjacent to an activating group) is 2. The van der Waals surface area contributed by atoms with E-state index in [1.165, 1.54) is 4.90 Å². The molecule has 6 nitrogen and oxygen atoms in total. The van der Waals surface area contributed by atoms with Crippen LogP contribution in [0.5, 0.6) is 0 Å². The number of benzene rings is 1. The van der Waals surface area contributed by atoms with Crippen LogP contribution in [-0.4, -0.2) is 41.8 Å². The minimum Gasteiger partial charge on any atom is -0.399 e. The number of nitrogens with one attached hydrogen (secondary N) is 2. The molecule has 0 aliphatic rings. The molecule has 0 bridgehead atoms. The molecule has 6 heteroatoms. The van der Waals surface area contributed by atoms with Gasteiger partial charge in [-0.15, -0.1) is 0 Å². The van der Waals surface area contributed by atoms with E-state index in [2.05, 4.69) is 10.3 Å². The molecule has 0 saturated heterocycles. The minimum absolute atomic E-state index is 0.0450. The molecule has 0 atom stereocenters. The maximum Gasteiger partial charge on any atom is 0.270 e. The van der Waals surface area contributed by atoms with Gasteiger partial charge in [-0.1, -0.05) is 0 Å². The summed E-state index contributed by atoms with van der Waals surface area (Å²) in [7, 11) is 1.55. The zero-order valence-corrected chi connectivity index (χ0v) is 11.6. The Kier molecular flexibility index (Phi) is 3.93. The number of nitrogens with two attached hydrogens (primary N) is 1. The Morgan fingerprint density at radius 3 is 2.75 bits per heavy atom. The molecule has 106 valence electrons. The van der Waals surface area contributed by atoms with Crippen LogP contribution in [-0.2, 0) is 4.79 Å². The monoisotopic (exact) mass is 274 g/mol. The Morgan fingerprint density at radius 2 is 2.10 bits per heavy atom. The van der Waals surface area contributed by atoms with Crippen molar-refractivity contribution in [1.82, 2.24) is 15.2 Å². The lowest BCUT2D eigenvalue weighted by atomic mass is 10.2. The fraction of sp³-hybridized carbons (Fsp3) is 0.286. The predicted molar refractivity (Wildman–Crippen MR) is 78.4 cm³/mol. The van der Waals surface area contributed by atoms with Crippen LogP contribution in [0.2, 0.25) is 0 Å². The molecular weight excluding hydrogens is 256 g/mol. The molecule has 0 spiro atoms. The van der Waals surface area contributed by atoms with Crippen LogP contribution >= 0.6 is 0 Å². The Hall–Kier alpha value is -2.50. The minimum atomic E-state index is -0.203. The summed E-state index contributed by atoms with van der Waals surface area (Å²) in [5, 5.41) is 3.39. The molecule has 0 aliphatic heterocycles. The van der Waals surface area contributed by atoms with Crippen LogP contribution in [0.3, 0.4) is 0 Å². The first-order chi connectivity index (χ1) is 9.55. The molecule has 1 heterocycles. The van der Waals surface area contributed by atoms with Crippen molar-refractivity contribution in [3.05, 3.63) is 30.0 Å². The number of nitrogens with zero attached hydrogens (tertiary/aromatic N) is 1. The average Bonchev–Trinajstić information content (AvgIpc) is 2.86. The molecule has 0 saturated carbocycles. The van der Waals surface area contributed by atoms with Crippen molar-refractivity contribution in [1.29, 1.82) is 0 Å². The number of H-pyrrole nitrogens is 1. The average molecular weight is 274 g/mol. The van der Waals surface area contributed by atoms with E-state index in [9.17, 15) is 9.59 Å². The van der Waals surface area contributed by atoms with Crippen molar-refractivity contribution >= 4 is 28.4 Å². The van der Waals surface area contributed by atoms with Gasteiger partial charge in [0.15, 0.2) is 0 Å². The number of aromatic amines is 1. The SMILES string of the molecule is CCN(CC(=O)NC)C(=O)c1cc2cc(N)ccc2[nH]1. The van der Waals surface area contributed by atoms with Crippen LogP contribution in [0.1, 0.15) is 17.4 Å². The van der Waals surface area contributed by atoms with Gasteiger partial charge in [0.1, 0.15) is 5.69 Å². The van der Waals surface area contributed by atoms with Crippen molar-refractivity contribution < 1.29 is 9.59 Å². The number of carbonyl (C=O) groups is 2. The van der Waals surface area contributed by atoms with Crippen LogP contribution in [0.4, 0.5) is 5.69 Å². The second kappa shape index (κ2) is 5.64. The highest BCUT2D eigenvalue weighted by Gasteiger charge is 2.18. The summed E-state index contributed by atoms with van der Waals surface area (Å²) in [6, 6.07) is 7.16. The van der Waals surface area contributed by atoms with Gasteiger partial charge in [0.05, 0.1) is 6.54 Å². The zero-order chi connectivity index (χ0) is 14.7. The quantitative estimate of drug-likeness (QED) is 0.725. The molecule has 4 N–H and O–H groups in total. The molecule has 2 amide bonds. The third-order valence-electron chi connectivity index (χ3n) is 3.16. The highest BCUT2D eigenvalue weighted by atomic mass is 16.2. The second-order valence-electron chi connectivity index (χ2n) is 4.52. The summed E-state index contributed by atoms with van der Waals surface area (Å²) in [5.74, 6) is -0.397. The number of fused-ring (bicyclic) bond motifs is 1. The summed E-state index contributed by atoms with van der Waals surface area (Å²) in [5.41, 5.74) is 7.66. The zero-order valence-electron chi connectivity index (χ0n) is 11.6. The van der Waals surface area contributed by atoms with Gasteiger partial charge < -0.3 is 20.9 Å². The summed E-state index contributed by atoms with van der Waals surface area (Å²) >= 11 is 0. The highest BCUT2D eigenvalue weighted by Crippen LogP contribution is 2.19. The largest absolute Gasteiger partial charge is 0.399 e. The summed E-state index contributed by atoms with van der Waals surface area (Å²) in [6.07, 6.45) is 0. The van der Waals surface area contributed by atoms with E-state index in [0.717, 1.165) is 10.9 Å². The molecule has 2 rings (SSSR count).